The first-order valence-electron chi connectivity index (χ1n) is 7.01. The molecule has 8 heteroatoms. The van der Waals surface area contributed by atoms with Crippen molar-refractivity contribution in [2.45, 2.75) is 31.6 Å². The first-order chi connectivity index (χ1) is 11.1. The summed E-state index contributed by atoms with van der Waals surface area (Å²) >= 11 is 8.98. The highest BCUT2D eigenvalue weighted by Gasteiger charge is 2.33. The first kappa shape index (κ1) is 19.9. The minimum atomic E-state index is -1.43. The molecular weight excluding hydrogens is 437 g/mol. The minimum absolute atomic E-state index is 0.257. The molecule has 1 unspecified atom stereocenters. The van der Waals surface area contributed by atoms with Crippen LogP contribution in [0.25, 0.3) is 0 Å². The minimum Gasteiger partial charge on any atom is -0.598 e. The van der Waals surface area contributed by atoms with Crippen molar-refractivity contribution in [2.24, 2.45) is 0 Å². The summed E-state index contributed by atoms with van der Waals surface area (Å²) in [5.41, 5.74) is 1.12. The molecule has 0 aliphatic heterocycles. The van der Waals surface area contributed by atoms with Crippen LogP contribution in [0.2, 0.25) is 4.34 Å². The molecular formula is C16H16BrClFNO2S2. The molecule has 24 heavy (non-hydrogen) atoms. The number of aldehydes is 1. The molecule has 130 valence electrons. The number of hydrogen-bond donors (Lipinski definition) is 1. The van der Waals surface area contributed by atoms with E-state index in [1.165, 1.54) is 6.07 Å². The van der Waals surface area contributed by atoms with Crippen molar-refractivity contribution in [3.63, 3.8) is 0 Å². The molecule has 3 nitrogen and oxygen atoms in total. The fourth-order valence-electron chi connectivity index (χ4n) is 2.03. The van der Waals surface area contributed by atoms with E-state index in [4.69, 9.17) is 11.6 Å². The van der Waals surface area contributed by atoms with Crippen molar-refractivity contribution in [2.75, 3.05) is 0 Å². The third-order valence-corrected chi connectivity index (χ3v) is 6.86. The van der Waals surface area contributed by atoms with Gasteiger partial charge in [0.05, 0.1) is 13.7 Å². The number of thiophene rings is 1. The van der Waals surface area contributed by atoms with Gasteiger partial charge in [-0.1, -0.05) is 23.7 Å². The Morgan fingerprint density at radius 3 is 2.67 bits per heavy atom. The quantitative estimate of drug-likeness (QED) is 0.497. The van der Waals surface area contributed by atoms with Crippen LogP contribution in [0, 0.1) is 5.82 Å². The predicted octanol–water partition coefficient (Wildman–Crippen LogP) is 5.26. The highest BCUT2D eigenvalue weighted by atomic mass is 79.9. The van der Waals surface area contributed by atoms with Crippen molar-refractivity contribution in [3.05, 3.63) is 54.9 Å². The van der Waals surface area contributed by atoms with Crippen LogP contribution in [-0.4, -0.2) is 15.6 Å². The normalized spacial score (nSPS) is 14.5. The molecule has 2 rings (SSSR count). The molecule has 1 heterocycles. The number of carbonyl (C=O) groups is 1. The molecule has 0 saturated carbocycles. The summed E-state index contributed by atoms with van der Waals surface area (Å²) in [6, 6.07) is 5.61. The summed E-state index contributed by atoms with van der Waals surface area (Å²) in [5.74, 6) is -0.435. The molecule has 0 radical (unpaired) electrons. The van der Waals surface area contributed by atoms with E-state index >= 15 is 0 Å². The number of benzene rings is 1. The van der Waals surface area contributed by atoms with Gasteiger partial charge < -0.3 is 4.55 Å². The van der Waals surface area contributed by atoms with Gasteiger partial charge in [0.15, 0.2) is 6.29 Å². The second-order valence-corrected chi connectivity index (χ2v) is 10.6. The van der Waals surface area contributed by atoms with E-state index in [2.05, 4.69) is 20.7 Å². The molecule has 2 aromatic rings. The Morgan fingerprint density at radius 1 is 1.42 bits per heavy atom. The van der Waals surface area contributed by atoms with Crippen LogP contribution >= 0.6 is 38.9 Å². The summed E-state index contributed by atoms with van der Waals surface area (Å²) in [6.45, 7) is 5.49. The van der Waals surface area contributed by atoms with Gasteiger partial charge in [-0.3, -0.25) is 4.79 Å². The Morgan fingerprint density at radius 2 is 2.08 bits per heavy atom. The number of carbonyl (C=O) groups excluding carboxylic acids is 1. The van der Waals surface area contributed by atoms with Crippen molar-refractivity contribution in [1.82, 2.24) is 4.72 Å². The smallest absolute Gasteiger partial charge is 0.160 e. The molecule has 1 aromatic heterocycles. The van der Waals surface area contributed by atoms with Gasteiger partial charge in [0.1, 0.15) is 16.6 Å². The van der Waals surface area contributed by atoms with E-state index < -0.39 is 28.0 Å². The fourth-order valence-corrected chi connectivity index (χ4v) is 4.45. The Kier molecular flexibility index (Phi) is 6.50. The molecule has 0 fully saturated rings. The molecule has 2 atom stereocenters. The molecule has 0 spiro atoms. The Hall–Kier alpha value is -0.440. The summed E-state index contributed by atoms with van der Waals surface area (Å²) in [4.78, 5) is 11.8. The predicted molar refractivity (Wildman–Crippen MR) is 102 cm³/mol. The number of hydrogen-bond acceptors (Lipinski definition) is 4. The zero-order chi connectivity index (χ0) is 18.1. The average molecular weight is 453 g/mol. The van der Waals surface area contributed by atoms with Crippen molar-refractivity contribution in [3.8, 4) is 0 Å². The van der Waals surface area contributed by atoms with E-state index in [9.17, 15) is 13.7 Å². The van der Waals surface area contributed by atoms with Gasteiger partial charge in [0.2, 0.25) is 0 Å². The highest BCUT2D eigenvalue weighted by Crippen LogP contribution is 2.37. The second-order valence-electron chi connectivity index (χ2n) is 6.06. The number of halogens is 3. The third-order valence-electron chi connectivity index (χ3n) is 3.25. The zero-order valence-electron chi connectivity index (χ0n) is 13.2. The second kappa shape index (κ2) is 7.85. The van der Waals surface area contributed by atoms with Crippen LogP contribution in [0.3, 0.4) is 0 Å². The molecule has 0 saturated heterocycles. The SMILES string of the molecule is CC(C)(C)[S@@+]([O-])NC(c1cc(Cl)sc1C=O)c1cccc(F)c1Br. The Bertz CT molecular complexity index is 748. The van der Waals surface area contributed by atoms with Crippen molar-refractivity contribution < 1.29 is 13.7 Å². The van der Waals surface area contributed by atoms with Crippen LogP contribution in [0.4, 0.5) is 4.39 Å². The lowest BCUT2D eigenvalue weighted by atomic mass is 10.0. The van der Waals surface area contributed by atoms with Gasteiger partial charge in [-0.15, -0.1) is 16.1 Å². The van der Waals surface area contributed by atoms with Gasteiger partial charge in [-0.05, 0) is 54.4 Å². The maximum atomic E-state index is 14.0. The standard InChI is InChI=1S/C16H16BrClFNO2S2/c1-16(2,3)24(22)20-15(9-5-4-6-11(19)14(9)17)10-7-13(18)23-12(10)8-21/h4-8,15,20H,1-3H3/t15?,24-/m1/s1. The van der Waals surface area contributed by atoms with Gasteiger partial charge in [-0.25, -0.2) is 4.39 Å². The highest BCUT2D eigenvalue weighted by molar-refractivity contribution is 9.10. The van der Waals surface area contributed by atoms with E-state index in [0.29, 0.717) is 26.6 Å². The molecule has 0 amide bonds. The van der Waals surface area contributed by atoms with Crippen LogP contribution < -0.4 is 4.72 Å². The summed E-state index contributed by atoms with van der Waals surface area (Å²) in [5, 5.41) is 0. The number of rotatable bonds is 5. The monoisotopic (exact) mass is 451 g/mol. The van der Waals surface area contributed by atoms with Crippen LogP contribution in [-0.2, 0) is 11.4 Å². The maximum absolute atomic E-state index is 14.0. The van der Waals surface area contributed by atoms with Crippen LogP contribution in [0.1, 0.15) is 47.6 Å². The van der Waals surface area contributed by atoms with Crippen LogP contribution in [0.5, 0.6) is 0 Å². The lowest BCUT2D eigenvalue weighted by Crippen LogP contribution is -2.41. The van der Waals surface area contributed by atoms with Gasteiger partial charge in [0, 0.05) is 16.9 Å². The lowest BCUT2D eigenvalue weighted by molar-refractivity contribution is 0.112. The largest absolute Gasteiger partial charge is 0.598 e. The van der Waals surface area contributed by atoms with Crippen LogP contribution in [0.15, 0.2) is 28.7 Å². The average Bonchev–Trinajstić information content (AvgIpc) is 2.87. The van der Waals surface area contributed by atoms with Gasteiger partial charge in [-0.2, -0.15) is 0 Å². The summed E-state index contributed by atoms with van der Waals surface area (Å²) < 4.78 is 29.7. The Balaban J connectivity index is 2.57. The van der Waals surface area contributed by atoms with E-state index in [1.54, 1.807) is 18.2 Å². The first-order valence-corrected chi connectivity index (χ1v) is 10.1. The van der Waals surface area contributed by atoms with E-state index in [1.807, 2.05) is 20.8 Å². The molecule has 1 N–H and O–H groups in total. The summed E-state index contributed by atoms with van der Waals surface area (Å²) in [7, 11) is 0. The zero-order valence-corrected chi connectivity index (χ0v) is 17.2. The van der Waals surface area contributed by atoms with E-state index in [-0.39, 0.29) is 4.47 Å². The van der Waals surface area contributed by atoms with Crippen molar-refractivity contribution in [1.29, 1.82) is 0 Å². The Labute approximate surface area is 161 Å². The maximum Gasteiger partial charge on any atom is 0.160 e. The van der Waals surface area contributed by atoms with Gasteiger partial charge >= 0.3 is 0 Å². The molecule has 0 bridgehead atoms. The summed E-state index contributed by atoms with van der Waals surface area (Å²) in [6.07, 6.45) is 0.702. The fraction of sp³-hybridized carbons (Fsp3) is 0.312. The van der Waals surface area contributed by atoms with E-state index in [0.717, 1.165) is 11.3 Å². The molecule has 0 aliphatic carbocycles. The van der Waals surface area contributed by atoms with Crippen molar-refractivity contribution >= 4 is 56.5 Å². The lowest BCUT2D eigenvalue weighted by Gasteiger charge is -2.28. The number of nitrogens with one attached hydrogen (secondary N) is 1. The molecule has 1 aromatic carbocycles. The topological polar surface area (TPSA) is 52.2 Å². The molecule has 0 aliphatic rings. The van der Waals surface area contributed by atoms with Gasteiger partial charge in [0.25, 0.3) is 0 Å². The third kappa shape index (κ3) is 4.39.